The number of aliphatic imine (C=N–C) groups is 1. The molecule has 0 bridgehead atoms. The third-order valence-electron chi connectivity index (χ3n) is 9.37. The van der Waals surface area contributed by atoms with Crippen molar-refractivity contribution < 1.29 is 42.4 Å². The zero-order valence-electron chi connectivity index (χ0n) is 29.7. The van der Waals surface area contributed by atoms with E-state index >= 15 is 0 Å². The SMILES string of the molecule is Cc1ccc(Oc2ccc([C@]3(C)CCN([C@H](CCCCNC(=O)c4ccc(N=CNc5ccccc5S(=O)(=O)O)nc4)C(=O)NO)C3=O)cc2)cc1CO. The maximum Gasteiger partial charge on any atom is 0.296 e. The van der Waals surface area contributed by atoms with Crippen LogP contribution in [0.25, 0.3) is 0 Å². The van der Waals surface area contributed by atoms with Gasteiger partial charge in [-0.1, -0.05) is 30.3 Å². The van der Waals surface area contributed by atoms with Crippen LogP contribution in [-0.2, 0) is 31.7 Å². The number of aliphatic hydroxyl groups excluding tert-OH is 1. The molecule has 0 spiro atoms. The lowest BCUT2D eigenvalue weighted by Gasteiger charge is -2.29. The molecule has 4 aromatic rings. The van der Waals surface area contributed by atoms with Gasteiger partial charge < -0.3 is 25.4 Å². The fourth-order valence-corrected chi connectivity index (χ4v) is 6.84. The predicted molar refractivity (Wildman–Crippen MR) is 199 cm³/mol. The molecule has 1 fully saturated rings. The summed E-state index contributed by atoms with van der Waals surface area (Å²) in [6.07, 6.45) is 4.24. The topological polar surface area (TPSA) is 220 Å². The Bertz CT molecular complexity index is 2110. The highest BCUT2D eigenvalue weighted by Crippen LogP contribution is 2.38. The van der Waals surface area contributed by atoms with Crippen molar-refractivity contribution in [1.82, 2.24) is 20.7 Å². The molecule has 1 saturated heterocycles. The van der Waals surface area contributed by atoms with Crippen molar-refractivity contribution in [3.05, 3.63) is 107 Å². The normalized spacial score (nSPS) is 16.3. The lowest BCUT2D eigenvalue weighted by Crippen LogP contribution is -2.49. The van der Waals surface area contributed by atoms with Crippen LogP contribution in [0.3, 0.4) is 0 Å². The smallest absolute Gasteiger partial charge is 0.296 e. The fourth-order valence-electron chi connectivity index (χ4n) is 6.19. The molecule has 5 rings (SSSR count). The number of hydrogen-bond donors (Lipinski definition) is 6. The summed E-state index contributed by atoms with van der Waals surface area (Å²) < 4.78 is 38.4. The van der Waals surface area contributed by atoms with E-state index in [1.54, 1.807) is 29.7 Å². The van der Waals surface area contributed by atoms with Crippen molar-refractivity contribution >= 4 is 45.7 Å². The van der Waals surface area contributed by atoms with E-state index in [0.717, 1.165) is 16.7 Å². The minimum absolute atomic E-state index is 0.0961. The average molecular weight is 759 g/mol. The molecule has 6 N–H and O–H groups in total. The van der Waals surface area contributed by atoms with Gasteiger partial charge in [0.2, 0.25) is 5.91 Å². The molecule has 3 aromatic carbocycles. The molecular weight excluding hydrogens is 717 g/mol. The summed E-state index contributed by atoms with van der Waals surface area (Å²) in [4.78, 5) is 48.7. The van der Waals surface area contributed by atoms with E-state index in [-0.39, 0.29) is 53.4 Å². The molecule has 0 radical (unpaired) electrons. The number of nitrogens with one attached hydrogen (secondary N) is 3. The van der Waals surface area contributed by atoms with Gasteiger partial charge in [-0.05, 0) is 105 Å². The van der Waals surface area contributed by atoms with Gasteiger partial charge in [0.1, 0.15) is 22.4 Å². The first-order valence-corrected chi connectivity index (χ1v) is 18.6. The largest absolute Gasteiger partial charge is 0.457 e. The average Bonchev–Trinajstić information content (AvgIpc) is 3.47. The summed E-state index contributed by atoms with van der Waals surface area (Å²) in [5.74, 6) is 0.0938. The summed E-state index contributed by atoms with van der Waals surface area (Å²) in [5, 5.41) is 24.5. The van der Waals surface area contributed by atoms with Gasteiger partial charge >= 0.3 is 0 Å². The Labute approximate surface area is 312 Å². The zero-order chi connectivity index (χ0) is 38.9. The van der Waals surface area contributed by atoms with Gasteiger partial charge in [-0.3, -0.25) is 24.1 Å². The van der Waals surface area contributed by atoms with E-state index in [0.29, 0.717) is 37.3 Å². The van der Waals surface area contributed by atoms with Gasteiger partial charge in [0.15, 0.2) is 5.82 Å². The lowest BCUT2D eigenvalue weighted by molar-refractivity contribution is -0.144. The number of carbonyl (C=O) groups is 3. The molecule has 1 aromatic heterocycles. The summed E-state index contributed by atoms with van der Waals surface area (Å²) in [5.41, 5.74) is 3.70. The van der Waals surface area contributed by atoms with Crippen LogP contribution in [0.15, 0.2) is 94.9 Å². The van der Waals surface area contributed by atoms with Gasteiger partial charge in [0, 0.05) is 19.3 Å². The Morgan fingerprint density at radius 1 is 1.06 bits per heavy atom. The van der Waals surface area contributed by atoms with Gasteiger partial charge in [-0.15, -0.1) is 0 Å². The van der Waals surface area contributed by atoms with E-state index in [9.17, 15) is 37.7 Å². The molecule has 1 aliphatic heterocycles. The number of aliphatic hydroxyl groups is 1. The van der Waals surface area contributed by atoms with Crippen molar-refractivity contribution in [3.63, 3.8) is 0 Å². The van der Waals surface area contributed by atoms with Crippen LogP contribution < -0.4 is 20.9 Å². The van der Waals surface area contributed by atoms with Crippen molar-refractivity contribution in [2.75, 3.05) is 18.4 Å². The highest BCUT2D eigenvalue weighted by molar-refractivity contribution is 7.86. The third kappa shape index (κ3) is 9.45. The number of hydrogen-bond acceptors (Lipinski definition) is 10. The number of carbonyl (C=O) groups excluding carboxylic acids is 3. The number of para-hydroxylation sites is 1. The van der Waals surface area contributed by atoms with Crippen molar-refractivity contribution in [2.24, 2.45) is 4.99 Å². The minimum Gasteiger partial charge on any atom is -0.457 e. The molecular formula is C38H42N6O9S. The van der Waals surface area contributed by atoms with Gasteiger partial charge in [-0.25, -0.2) is 15.5 Å². The fraction of sp³-hybridized carbons (Fsp3) is 0.289. The Hall–Kier alpha value is -5.68. The van der Waals surface area contributed by atoms with E-state index in [4.69, 9.17) is 4.74 Å². The zero-order valence-corrected chi connectivity index (χ0v) is 30.5. The minimum atomic E-state index is -4.43. The number of ether oxygens (including phenoxy) is 1. The summed E-state index contributed by atoms with van der Waals surface area (Å²) in [6.45, 7) is 4.25. The number of aryl methyl sites for hydroxylation is 1. The summed E-state index contributed by atoms with van der Waals surface area (Å²) >= 11 is 0. The molecule has 0 unspecified atom stereocenters. The number of likely N-dealkylation sites (tertiary alicyclic amines) is 1. The first-order valence-electron chi connectivity index (χ1n) is 17.2. The third-order valence-corrected chi connectivity index (χ3v) is 10.3. The van der Waals surface area contributed by atoms with Crippen LogP contribution in [0.1, 0.15) is 59.7 Å². The number of amides is 3. The van der Waals surface area contributed by atoms with Crippen LogP contribution in [0.4, 0.5) is 11.5 Å². The Kier molecular flexibility index (Phi) is 12.8. The number of rotatable bonds is 16. The second-order valence-electron chi connectivity index (χ2n) is 13.0. The molecule has 1 aliphatic rings. The lowest BCUT2D eigenvalue weighted by atomic mass is 9.81. The van der Waals surface area contributed by atoms with E-state index in [1.807, 2.05) is 38.1 Å². The molecule has 16 heteroatoms. The highest BCUT2D eigenvalue weighted by Gasteiger charge is 2.47. The number of aromatic nitrogens is 1. The maximum absolute atomic E-state index is 13.8. The molecule has 284 valence electrons. The number of anilines is 1. The predicted octanol–water partition coefficient (Wildman–Crippen LogP) is 4.66. The van der Waals surface area contributed by atoms with E-state index in [2.05, 4.69) is 20.6 Å². The first kappa shape index (κ1) is 39.5. The molecule has 2 atom stereocenters. The standard InChI is InChI=1S/C38H42N6O9S/c1-25-10-14-30(21-27(25)23-45)53-29-15-12-28(13-16-29)38(2)18-20-44(37(38)48)32(36(47)43-49)8-5-6-19-39-35(46)26-11-17-34(40-22-26)42-24-41-31-7-3-4-9-33(31)54(50,51)52/h3-4,7,9-17,21-22,24,32,45,49H,5-6,8,18-20,23H2,1-2H3,(H,39,46)(H,43,47)(H,40,41,42)(H,50,51,52)/t32-,38+/m1/s1. The Balaban J connectivity index is 1.10. The number of hydroxylamine groups is 1. The maximum atomic E-state index is 13.8. The molecule has 2 heterocycles. The van der Waals surface area contributed by atoms with Crippen LogP contribution in [0.5, 0.6) is 11.5 Å². The number of unbranched alkanes of at least 4 members (excludes halogenated alkanes) is 1. The molecule has 3 amide bonds. The Morgan fingerprint density at radius 2 is 1.80 bits per heavy atom. The van der Waals surface area contributed by atoms with E-state index in [1.165, 1.54) is 47.8 Å². The molecule has 54 heavy (non-hydrogen) atoms. The van der Waals surface area contributed by atoms with Crippen molar-refractivity contribution in [3.8, 4) is 11.5 Å². The van der Waals surface area contributed by atoms with Gasteiger partial charge in [0.25, 0.3) is 21.9 Å². The van der Waals surface area contributed by atoms with Gasteiger partial charge in [0.05, 0.1) is 29.6 Å². The molecule has 0 aliphatic carbocycles. The Morgan fingerprint density at radius 3 is 2.48 bits per heavy atom. The van der Waals surface area contributed by atoms with Crippen molar-refractivity contribution in [1.29, 1.82) is 0 Å². The second-order valence-corrected chi connectivity index (χ2v) is 14.4. The quantitative estimate of drug-likeness (QED) is 0.0231. The first-order chi connectivity index (χ1) is 25.8. The van der Waals surface area contributed by atoms with Crippen LogP contribution in [0.2, 0.25) is 0 Å². The molecule has 0 saturated carbocycles. The number of nitrogens with zero attached hydrogens (tertiary/aromatic N) is 3. The number of benzene rings is 3. The van der Waals surface area contributed by atoms with Gasteiger partial charge in [-0.2, -0.15) is 8.42 Å². The summed E-state index contributed by atoms with van der Waals surface area (Å²) in [7, 11) is -4.43. The summed E-state index contributed by atoms with van der Waals surface area (Å²) in [6, 6.07) is 20.6. The highest BCUT2D eigenvalue weighted by atomic mass is 32.2. The van der Waals surface area contributed by atoms with Crippen LogP contribution in [0, 0.1) is 6.92 Å². The van der Waals surface area contributed by atoms with E-state index < -0.39 is 27.5 Å². The van der Waals surface area contributed by atoms with Crippen LogP contribution in [-0.4, -0.2) is 76.4 Å². The monoisotopic (exact) mass is 758 g/mol. The van der Waals surface area contributed by atoms with Crippen LogP contribution >= 0.6 is 0 Å². The van der Waals surface area contributed by atoms with Crippen molar-refractivity contribution in [2.45, 2.75) is 62.5 Å². The second kappa shape index (κ2) is 17.4. The number of pyridine rings is 1. The molecule has 15 nitrogen and oxygen atoms in total.